The molecule has 1 aromatic heterocycles. The second kappa shape index (κ2) is 9.88. The van der Waals surface area contributed by atoms with Crippen LogP contribution in [0.25, 0.3) is 22.0 Å². The second-order valence-electron chi connectivity index (χ2n) is 7.62. The van der Waals surface area contributed by atoms with E-state index in [1.54, 1.807) is 19.1 Å². The molecule has 33 heavy (non-hydrogen) atoms. The first kappa shape index (κ1) is 22.6. The molecule has 0 aliphatic carbocycles. The molecular formula is C27H26FNO4. The van der Waals surface area contributed by atoms with Gasteiger partial charge in [-0.3, -0.25) is 0 Å². The van der Waals surface area contributed by atoms with Crippen LogP contribution in [-0.2, 0) is 17.9 Å². The zero-order valence-corrected chi connectivity index (χ0v) is 18.7. The van der Waals surface area contributed by atoms with Crippen molar-refractivity contribution in [3.63, 3.8) is 0 Å². The van der Waals surface area contributed by atoms with Gasteiger partial charge in [0, 0.05) is 23.0 Å². The van der Waals surface area contributed by atoms with E-state index in [-0.39, 0.29) is 19.0 Å². The van der Waals surface area contributed by atoms with Crippen molar-refractivity contribution in [3.8, 4) is 16.9 Å². The van der Waals surface area contributed by atoms with Gasteiger partial charge in [0.25, 0.3) is 0 Å². The van der Waals surface area contributed by atoms with Gasteiger partial charge in [-0.2, -0.15) is 0 Å². The van der Waals surface area contributed by atoms with E-state index in [2.05, 4.69) is 0 Å². The van der Waals surface area contributed by atoms with E-state index in [1.165, 1.54) is 12.1 Å². The van der Waals surface area contributed by atoms with Gasteiger partial charge < -0.3 is 19.1 Å². The molecule has 0 atom stereocenters. The molecule has 0 saturated carbocycles. The highest BCUT2D eigenvalue weighted by atomic mass is 19.1. The Labute approximate surface area is 192 Å². The standard InChI is InChI=1S/C27H26FNO4/c1-3-32-22-12-8-20(9-13-22)25-23-15-19(17-30)7-14-24(23)29(26(25)27(31)33-4-2)16-18-5-10-21(28)11-6-18/h5-15,30H,3-4,16-17H2,1-2H3. The number of benzene rings is 3. The van der Waals surface area contributed by atoms with Crippen LogP contribution >= 0.6 is 0 Å². The lowest BCUT2D eigenvalue weighted by Crippen LogP contribution is -2.14. The number of hydrogen-bond donors (Lipinski definition) is 1. The van der Waals surface area contributed by atoms with E-state index in [0.29, 0.717) is 18.8 Å². The fourth-order valence-corrected chi connectivity index (χ4v) is 4.03. The van der Waals surface area contributed by atoms with Crippen molar-refractivity contribution in [3.05, 3.63) is 89.4 Å². The monoisotopic (exact) mass is 447 g/mol. The van der Waals surface area contributed by atoms with Crippen LogP contribution in [0.5, 0.6) is 5.75 Å². The Balaban J connectivity index is 1.97. The van der Waals surface area contributed by atoms with Gasteiger partial charge in [0.1, 0.15) is 17.3 Å². The van der Waals surface area contributed by atoms with Crippen LogP contribution in [0.1, 0.15) is 35.5 Å². The summed E-state index contributed by atoms with van der Waals surface area (Å²) in [4.78, 5) is 13.2. The van der Waals surface area contributed by atoms with Crippen molar-refractivity contribution in [2.45, 2.75) is 27.0 Å². The van der Waals surface area contributed by atoms with E-state index < -0.39 is 5.97 Å². The Kier molecular flexibility index (Phi) is 6.75. The molecule has 0 bridgehead atoms. The fraction of sp³-hybridized carbons (Fsp3) is 0.222. The number of rotatable bonds is 8. The molecule has 6 heteroatoms. The summed E-state index contributed by atoms with van der Waals surface area (Å²) in [7, 11) is 0. The molecule has 3 aromatic carbocycles. The van der Waals surface area contributed by atoms with Crippen molar-refractivity contribution in [1.82, 2.24) is 4.57 Å². The first-order valence-corrected chi connectivity index (χ1v) is 11.0. The molecule has 5 nitrogen and oxygen atoms in total. The highest BCUT2D eigenvalue weighted by molar-refractivity contribution is 6.09. The molecule has 0 fully saturated rings. The Morgan fingerprint density at radius 1 is 0.939 bits per heavy atom. The minimum atomic E-state index is -0.440. The zero-order chi connectivity index (χ0) is 23.4. The van der Waals surface area contributed by atoms with Crippen molar-refractivity contribution >= 4 is 16.9 Å². The van der Waals surface area contributed by atoms with E-state index in [1.807, 2.05) is 54.0 Å². The molecule has 1 heterocycles. The van der Waals surface area contributed by atoms with E-state index in [4.69, 9.17) is 9.47 Å². The molecule has 0 aliphatic rings. The van der Waals surface area contributed by atoms with Crippen LogP contribution in [0.15, 0.2) is 66.7 Å². The zero-order valence-electron chi connectivity index (χ0n) is 18.7. The Morgan fingerprint density at radius 2 is 1.64 bits per heavy atom. The normalized spacial score (nSPS) is 11.0. The summed E-state index contributed by atoms with van der Waals surface area (Å²) < 4.78 is 26.4. The summed E-state index contributed by atoms with van der Waals surface area (Å²) in [5, 5.41) is 10.6. The molecule has 170 valence electrons. The van der Waals surface area contributed by atoms with Crippen LogP contribution in [0.2, 0.25) is 0 Å². The first-order valence-electron chi connectivity index (χ1n) is 11.0. The predicted octanol–water partition coefficient (Wildman–Crippen LogP) is 5.56. The average Bonchev–Trinajstić information content (AvgIpc) is 3.14. The van der Waals surface area contributed by atoms with Gasteiger partial charge in [0.15, 0.2) is 0 Å². The van der Waals surface area contributed by atoms with Gasteiger partial charge in [0.05, 0.1) is 19.8 Å². The largest absolute Gasteiger partial charge is 0.494 e. The number of halogens is 1. The van der Waals surface area contributed by atoms with Crippen LogP contribution in [0.3, 0.4) is 0 Å². The number of fused-ring (bicyclic) bond motifs is 1. The predicted molar refractivity (Wildman–Crippen MR) is 126 cm³/mol. The Morgan fingerprint density at radius 3 is 2.27 bits per heavy atom. The minimum Gasteiger partial charge on any atom is -0.494 e. The third kappa shape index (κ3) is 4.61. The second-order valence-corrected chi connectivity index (χ2v) is 7.62. The molecule has 0 unspecified atom stereocenters. The van der Waals surface area contributed by atoms with Crippen LogP contribution in [0, 0.1) is 5.82 Å². The highest BCUT2D eigenvalue weighted by Crippen LogP contribution is 2.37. The topological polar surface area (TPSA) is 60.7 Å². The maximum absolute atomic E-state index is 13.5. The SMILES string of the molecule is CCOC(=O)c1c(-c2ccc(OCC)cc2)c2cc(CO)ccc2n1Cc1ccc(F)cc1. The molecule has 4 aromatic rings. The number of aromatic nitrogens is 1. The van der Waals surface area contributed by atoms with Crippen molar-refractivity contribution < 1.29 is 23.8 Å². The van der Waals surface area contributed by atoms with Gasteiger partial charge in [0.2, 0.25) is 0 Å². The van der Waals surface area contributed by atoms with Crippen molar-refractivity contribution in [2.75, 3.05) is 13.2 Å². The van der Waals surface area contributed by atoms with Gasteiger partial charge in [-0.25, -0.2) is 9.18 Å². The molecule has 0 radical (unpaired) electrons. The number of carbonyl (C=O) groups is 1. The van der Waals surface area contributed by atoms with Crippen LogP contribution < -0.4 is 4.74 Å². The quantitative estimate of drug-likeness (QED) is 0.359. The number of aliphatic hydroxyl groups excluding tert-OH is 1. The van der Waals surface area contributed by atoms with Crippen LogP contribution in [0.4, 0.5) is 4.39 Å². The number of carbonyl (C=O) groups excluding carboxylic acids is 1. The number of nitrogens with zero attached hydrogens (tertiary/aromatic N) is 1. The maximum Gasteiger partial charge on any atom is 0.355 e. The molecule has 0 spiro atoms. The molecule has 4 rings (SSSR count). The van der Waals surface area contributed by atoms with Gasteiger partial charge in [-0.15, -0.1) is 0 Å². The van der Waals surface area contributed by atoms with Gasteiger partial charge in [-0.05, 0) is 66.9 Å². The molecule has 0 amide bonds. The summed E-state index contributed by atoms with van der Waals surface area (Å²) in [5.74, 6) is -0.0142. The number of hydrogen-bond acceptors (Lipinski definition) is 4. The Bertz CT molecular complexity index is 1260. The fourth-order valence-electron chi connectivity index (χ4n) is 4.03. The van der Waals surface area contributed by atoms with Gasteiger partial charge >= 0.3 is 5.97 Å². The number of esters is 1. The van der Waals surface area contributed by atoms with E-state index >= 15 is 0 Å². The summed E-state index contributed by atoms with van der Waals surface area (Å²) >= 11 is 0. The summed E-state index contributed by atoms with van der Waals surface area (Å²) in [6.07, 6.45) is 0. The molecule has 0 saturated heterocycles. The average molecular weight is 448 g/mol. The number of aliphatic hydroxyl groups is 1. The van der Waals surface area contributed by atoms with E-state index in [0.717, 1.165) is 38.9 Å². The first-order chi connectivity index (χ1) is 16.0. The van der Waals surface area contributed by atoms with Crippen LogP contribution in [-0.4, -0.2) is 28.9 Å². The smallest absolute Gasteiger partial charge is 0.355 e. The highest BCUT2D eigenvalue weighted by Gasteiger charge is 2.25. The summed E-state index contributed by atoms with van der Waals surface area (Å²) in [6.45, 7) is 4.74. The third-order valence-electron chi connectivity index (χ3n) is 5.49. The van der Waals surface area contributed by atoms with Crippen molar-refractivity contribution in [2.24, 2.45) is 0 Å². The molecule has 1 N–H and O–H groups in total. The minimum absolute atomic E-state index is 0.115. The third-order valence-corrected chi connectivity index (χ3v) is 5.49. The Hall–Kier alpha value is -3.64. The number of ether oxygens (including phenoxy) is 2. The lowest BCUT2D eigenvalue weighted by Gasteiger charge is -2.12. The maximum atomic E-state index is 13.5. The lowest BCUT2D eigenvalue weighted by molar-refractivity contribution is 0.0516. The summed E-state index contributed by atoms with van der Waals surface area (Å²) in [6, 6.07) is 19.4. The molecule has 0 aliphatic heterocycles. The molecular weight excluding hydrogens is 421 g/mol. The summed E-state index contributed by atoms with van der Waals surface area (Å²) in [5.41, 5.74) is 4.38. The van der Waals surface area contributed by atoms with Crippen molar-refractivity contribution in [1.29, 1.82) is 0 Å². The van der Waals surface area contributed by atoms with Gasteiger partial charge in [-0.1, -0.05) is 30.3 Å². The lowest BCUT2D eigenvalue weighted by atomic mass is 10.0. The van der Waals surface area contributed by atoms with E-state index in [9.17, 15) is 14.3 Å².